The lowest BCUT2D eigenvalue weighted by Crippen LogP contribution is -2.25. The van der Waals surface area contributed by atoms with Gasteiger partial charge in [-0.15, -0.1) is 0 Å². The van der Waals surface area contributed by atoms with Gasteiger partial charge in [-0.2, -0.15) is 0 Å². The van der Waals surface area contributed by atoms with E-state index in [0.717, 1.165) is 6.61 Å². The molecule has 11 heavy (non-hydrogen) atoms. The second kappa shape index (κ2) is 4.85. The Morgan fingerprint density at radius 1 is 1.55 bits per heavy atom. The van der Waals surface area contributed by atoms with Crippen LogP contribution in [0.3, 0.4) is 0 Å². The highest BCUT2D eigenvalue weighted by Gasteiger charge is 2.25. The Balaban J connectivity index is 3.88. The Bertz CT molecular complexity index is 136. The van der Waals surface area contributed by atoms with Crippen LogP contribution in [0.4, 0.5) is 0 Å². The molecule has 0 heterocycles. The van der Waals surface area contributed by atoms with Crippen molar-refractivity contribution in [3.8, 4) is 0 Å². The Kier molecular flexibility index (Phi) is 4.88. The highest BCUT2D eigenvalue weighted by atomic mass is 32.1. The highest BCUT2D eigenvalue weighted by molar-refractivity contribution is 7.80. The Morgan fingerprint density at radius 3 is 2.45 bits per heavy atom. The standard InChI is InChI=1S/C7H16O2SSi/c1-5-9-11-7(2,3)6(10)8-4/h5,11H2,1-4H3. The molecule has 0 aromatic carbocycles. The molecule has 0 fully saturated rings. The van der Waals surface area contributed by atoms with Crippen LogP contribution in [0.1, 0.15) is 20.8 Å². The molecule has 66 valence electrons. The molecule has 0 N–H and O–H groups in total. The Hall–Kier alpha value is 0.0669. The zero-order chi connectivity index (χ0) is 8.91. The SMILES string of the molecule is CCO[SiH2]C(C)(C)C(=S)OC. The summed E-state index contributed by atoms with van der Waals surface area (Å²) >= 11 is 5.04. The van der Waals surface area contributed by atoms with E-state index in [1.165, 1.54) is 0 Å². The fourth-order valence-corrected chi connectivity index (χ4v) is 1.85. The first-order valence-electron chi connectivity index (χ1n) is 3.70. The van der Waals surface area contributed by atoms with Crippen LogP contribution in [-0.4, -0.2) is 28.5 Å². The minimum absolute atomic E-state index is 0.0138. The first-order valence-corrected chi connectivity index (χ1v) is 5.40. The van der Waals surface area contributed by atoms with Gasteiger partial charge >= 0.3 is 0 Å². The fraction of sp³-hybridized carbons (Fsp3) is 0.857. The van der Waals surface area contributed by atoms with Gasteiger partial charge in [-0.05, 0) is 19.1 Å². The van der Waals surface area contributed by atoms with E-state index in [-0.39, 0.29) is 5.04 Å². The molecule has 0 aliphatic rings. The molecule has 2 nitrogen and oxygen atoms in total. The lowest BCUT2D eigenvalue weighted by atomic mass is 10.2. The first kappa shape index (κ1) is 11.1. The molecule has 0 radical (unpaired) electrons. The van der Waals surface area contributed by atoms with Crippen LogP contribution < -0.4 is 0 Å². The third-order valence-corrected chi connectivity index (χ3v) is 4.04. The largest absolute Gasteiger partial charge is 0.490 e. The molecule has 0 atom stereocenters. The number of rotatable bonds is 4. The molecule has 0 aliphatic heterocycles. The number of hydrogen-bond acceptors (Lipinski definition) is 3. The summed E-state index contributed by atoms with van der Waals surface area (Å²) in [5, 5.41) is 0.651. The quantitative estimate of drug-likeness (QED) is 0.494. The van der Waals surface area contributed by atoms with E-state index >= 15 is 0 Å². The maximum atomic E-state index is 5.39. The number of hydrogen-bond donors (Lipinski definition) is 0. The molecular formula is C7H16O2SSi. The zero-order valence-corrected chi connectivity index (χ0v) is 9.87. The molecule has 0 unspecified atom stereocenters. The molecule has 0 spiro atoms. The maximum absolute atomic E-state index is 5.39. The van der Waals surface area contributed by atoms with E-state index in [9.17, 15) is 0 Å². The molecule has 0 saturated carbocycles. The van der Waals surface area contributed by atoms with Gasteiger partial charge in [0.05, 0.1) is 7.11 Å². The summed E-state index contributed by atoms with van der Waals surface area (Å²) in [6.07, 6.45) is 0. The summed E-state index contributed by atoms with van der Waals surface area (Å²) in [6, 6.07) is 0. The third-order valence-electron chi connectivity index (χ3n) is 1.41. The predicted octanol–water partition coefficient (Wildman–Crippen LogP) is 1.28. The maximum Gasteiger partial charge on any atom is 0.175 e. The minimum atomic E-state index is -0.585. The molecule has 0 aromatic heterocycles. The summed E-state index contributed by atoms with van der Waals surface area (Å²) in [4.78, 5) is 0. The summed E-state index contributed by atoms with van der Waals surface area (Å²) in [7, 11) is 1.03. The summed E-state index contributed by atoms with van der Waals surface area (Å²) < 4.78 is 10.4. The van der Waals surface area contributed by atoms with Crippen LogP contribution in [0.2, 0.25) is 5.04 Å². The van der Waals surface area contributed by atoms with E-state index in [0.29, 0.717) is 5.05 Å². The van der Waals surface area contributed by atoms with E-state index in [2.05, 4.69) is 13.8 Å². The molecule has 0 aromatic rings. The summed E-state index contributed by atoms with van der Waals surface area (Å²) in [5.41, 5.74) is 0. The van der Waals surface area contributed by atoms with Crippen molar-refractivity contribution in [3.63, 3.8) is 0 Å². The second-order valence-corrected chi connectivity index (χ2v) is 5.85. The molecule has 0 saturated heterocycles. The average molecular weight is 192 g/mol. The van der Waals surface area contributed by atoms with Gasteiger partial charge in [0.25, 0.3) is 0 Å². The molecule has 0 aliphatic carbocycles. The van der Waals surface area contributed by atoms with Gasteiger partial charge in [0, 0.05) is 11.6 Å². The molecular weight excluding hydrogens is 176 g/mol. The molecule has 0 rings (SSSR count). The monoisotopic (exact) mass is 192 g/mol. The van der Waals surface area contributed by atoms with E-state index in [4.69, 9.17) is 21.4 Å². The minimum Gasteiger partial charge on any atom is -0.490 e. The van der Waals surface area contributed by atoms with Crippen molar-refractivity contribution in [2.45, 2.75) is 25.8 Å². The summed E-state index contributed by atoms with van der Waals surface area (Å²) in [5.74, 6) is 0. The smallest absolute Gasteiger partial charge is 0.175 e. The van der Waals surface area contributed by atoms with E-state index in [1.54, 1.807) is 7.11 Å². The van der Waals surface area contributed by atoms with Crippen molar-refractivity contribution in [2.75, 3.05) is 13.7 Å². The van der Waals surface area contributed by atoms with Crippen molar-refractivity contribution in [1.82, 2.24) is 0 Å². The van der Waals surface area contributed by atoms with Crippen molar-refractivity contribution in [2.24, 2.45) is 0 Å². The topological polar surface area (TPSA) is 18.5 Å². The van der Waals surface area contributed by atoms with Crippen molar-refractivity contribution < 1.29 is 9.16 Å². The Labute approximate surface area is 76.2 Å². The highest BCUT2D eigenvalue weighted by Crippen LogP contribution is 2.25. The van der Waals surface area contributed by atoms with E-state index < -0.39 is 9.76 Å². The van der Waals surface area contributed by atoms with Crippen LogP contribution >= 0.6 is 12.2 Å². The lowest BCUT2D eigenvalue weighted by molar-refractivity contribution is 0.336. The number of methoxy groups -OCH3 is 1. The van der Waals surface area contributed by atoms with E-state index in [1.807, 2.05) is 6.92 Å². The van der Waals surface area contributed by atoms with Gasteiger partial charge < -0.3 is 9.16 Å². The van der Waals surface area contributed by atoms with Gasteiger partial charge in [-0.25, -0.2) is 0 Å². The van der Waals surface area contributed by atoms with Crippen LogP contribution in [0.25, 0.3) is 0 Å². The summed E-state index contributed by atoms with van der Waals surface area (Å²) in [6.45, 7) is 6.92. The van der Waals surface area contributed by atoms with Crippen LogP contribution in [-0.2, 0) is 9.16 Å². The molecule has 0 amide bonds. The normalized spacial score (nSPS) is 12.4. The van der Waals surface area contributed by atoms with Crippen LogP contribution in [0.5, 0.6) is 0 Å². The van der Waals surface area contributed by atoms with Crippen molar-refractivity contribution in [1.29, 1.82) is 0 Å². The van der Waals surface area contributed by atoms with Gasteiger partial charge in [0.15, 0.2) is 14.8 Å². The third kappa shape index (κ3) is 3.84. The Morgan fingerprint density at radius 2 is 2.09 bits per heavy atom. The van der Waals surface area contributed by atoms with Gasteiger partial charge in [-0.3, -0.25) is 0 Å². The van der Waals surface area contributed by atoms with Gasteiger partial charge in [0.2, 0.25) is 0 Å². The van der Waals surface area contributed by atoms with Crippen LogP contribution in [0.15, 0.2) is 0 Å². The number of ether oxygens (including phenoxy) is 1. The number of thiocarbonyl (C=S) groups is 1. The molecule has 4 heteroatoms. The first-order chi connectivity index (χ1) is 5.04. The fourth-order valence-electron chi connectivity index (χ4n) is 0.692. The lowest BCUT2D eigenvalue weighted by Gasteiger charge is -2.22. The average Bonchev–Trinajstić information content (AvgIpc) is 1.99. The van der Waals surface area contributed by atoms with Crippen LogP contribution in [0, 0.1) is 0 Å². The van der Waals surface area contributed by atoms with Gasteiger partial charge in [-0.1, -0.05) is 13.8 Å². The second-order valence-electron chi connectivity index (χ2n) is 3.01. The van der Waals surface area contributed by atoms with Crippen molar-refractivity contribution >= 4 is 27.0 Å². The molecule has 0 bridgehead atoms. The zero-order valence-electron chi connectivity index (χ0n) is 7.64. The van der Waals surface area contributed by atoms with Crippen molar-refractivity contribution in [3.05, 3.63) is 0 Å². The van der Waals surface area contributed by atoms with Gasteiger partial charge in [0.1, 0.15) is 0 Å². The predicted molar refractivity (Wildman–Crippen MR) is 53.8 cm³/mol.